The highest BCUT2D eigenvalue weighted by Gasteiger charge is 2.42. The maximum absolute atomic E-state index is 12.1. The number of hydrogen-bond donors (Lipinski definition) is 3. The SMILES string of the molecule is CN1CC[C@@](O)(C#Cc2cccc(-c3nc(N[C@H]4CCOC4)cc(C(N)=O)n3)c2)C1=O. The van der Waals surface area contributed by atoms with Crippen LogP contribution in [0, 0.1) is 11.8 Å². The largest absolute Gasteiger partial charge is 0.379 e. The van der Waals surface area contributed by atoms with Crippen molar-refractivity contribution in [2.45, 2.75) is 24.5 Å². The first kappa shape index (κ1) is 20.8. The second-order valence-electron chi connectivity index (χ2n) is 7.70. The van der Waals surface area contributed by atoms with Crippen LogP contribution >= 0.6 is 0 Å². The van der Waals surface area contributed by atoms with Gasteiger partial charge in [0.1, 0.15) is 11.5 Å². The van der Waals surface area contributed by atoms with Gasteiger partial charge in [0, 0.05) is 43.8 Å². The van der Waals surface area contributed by atoms with Crippen LogP contribution in [0.25, 0.3) is 11.4 Å². The van der Waals surface area contributed by atoms with Crippen molar-refractivity contribution in [2.24, 2.45) is 5.73 Å². The van der Waals surface area contributed by atoms with Crippen molar-refractivity contribution in [3.05, 3.63) is 41.6 Å². The van der Waals surface area contributed by atoms with Crippen LogP contribution in [0.15, 0.2) is 30.3 Å². The van der Waals surface area contributed by atoms with Gasteiger partial charge in [-0.2, -0.15) is 0 Å². The molecule has 0 unspecified atom stereocenters. The van der Waals surface area contributed by atoms with E-state index in [1.54, 1.807) is 31.3 Å². The van der Waals surface area contributed by atoms with Crippen molar-refractivity contribution in [1.82, 2.24) is 14.9 Å². The maximum Gasteiger partial charge on any atom is 0.267 e. The van der Waals surface area contributed by atoms with Crippen molar-refractivity contribution < 1.29 is 19.4 Å². The van der Waals surface area contributed by atoms with Gasteiger partial charge in [0.05, 0.1) is 12.6 Å². The Labute approximate surface area is 179 Å². The molecule has 4 rings (SSSR count). The number of nitrogens with zero attached hydrogens (tertiary/aromatic N) is 3. The van der Waals surface area contributed by atoms with Crippen molar-refractivity contribution >= 4 is 17.6 Å². The van der Waals surface area contributed by atoms with E-state index in [9.17, 15) is 14.7 Å². The zero-order valence-corrected chi connectivity index (χ0v) is 17.1. The van der Waals surface area contributed by atoms with Crippen LogP contribution in [-0.2, 0) is 9.53 Å². The number of carbonyl (C=O) groups excluding carboxylic acids is 2. The quantitative estimate of drug-likeness (QED) is 0.609. The number of rotatable bonds is 4. The highest BCUT2D eigenvalue weighted by Crippen LogP contribution is 2.23. The molecular weight excluding hydrogens is 398 g/mol. The molecule has 0 aliphatic carbocycles. The van der Waals surface area contributed by atoms with Crippen LogP contribution in [0.1, 0.15) is 28.9 Å². The fraction of sp³-hybridized carbons (Fsp3) is 0.364. The minimum Gasteiger partial charge on any atom is -0.379 e. The molecule has 2 saturated heterocycles. The van der Waals surface area contributed by atoms with Crippen molar-refractivity contribution in [3.63, 3.8) is 0 Å². The van der Waals surface area contributed by atoms with Crippen LogP contribution in [-0.4, -0.2) is 70.2 Å². The first-order chi connectivity index (χ1) is 14.8. The number of primary amides is 1. The van der Waals surface area contributed by atoms with E-state index in [2.05, 4.69) is 27.1 Å². The average Bonchev–Trinajstić information content (AvgIpc) is 3.36. The zero-order chi connectivity index (χ0) is 22.0. The molecule has 2 aliphatic rings. The third-order valence-electron chi connectivity index (χ3n) is 5.30. The molecule has 2 amide bonds. The molecule has 0 radical (unpaired) electrons. The van der Waals surface area contributed by atoms with Gasteiger partial charge in [0.25, 0.3) is 11.8 Å². The maximum atomic E-state index is 12.1. The molecule has 1 aromatic heterocycles. The number of nitrogens with one attached hydrogen (secondary N) is 1. The molecule has 2 atom stereocenters. The molecule has 0 saturated carbocycles. The lowest BCUT2D eigenvalue weighted by Gasteiger charge is -2.13. The third-order valence-corrected chi connectivity index (χ3v) is 5.30. The van der Waals surface area contributed by atoms with Crippen molar-refractivity contribution in [1.29, 1.82) is 0 Å². The Balaban J connectivity index is 1.64. The van der Waals surface area contributed by atoms with E-state index in [1.807, 2.05) is 0 Å². The summed E-state index contributed by atoms with van der Waals surface area (Å²) in [7, 11) is 1.63. The predicted molar refractivity (Wildman–Crippen MR) is 113 cm³/mol. The molecule has 160 valence electrons. The molecule has 2 fully saturated rings. The molecule has 1 aromatic carbocycles. The highest BCUT2D eigenvalue weighted by atomic mass is 16.5. The minimum atomic E-state index is -1.67. The van der Waals surface area contributed by atoms with E-state index in [-0.39, 0.29) is 18.2 Å². The van der Waals surface area contributed by atoms with E-state index < -0.39 is 17.4 Å². The summed E-state index contributed by atoms with van der Waals surface area (Å²) >= 11 is 0. The summed E-state index contributed by atoms with van der Waals surface area (Å²) in [4.78, 5) is 34.1. The molecule has 9 nitrogen and oxygen atoms in total. The van der Waals surface area contributed by atoms with Crippen LogP contribution < -0.4 is 11.1 Å². The number of amides is 2. The number of ether oxygens (including phenoxy) is 1. The third kappa shape index (κ3) is 4.50. The lowest BCUT2D eigenvalue weighted by Crippen LogP contribution is -2.37. The highest BCUT2D eigenvalue weighted by molar-refractivity contribution is 5.92. The summed E-state index contributed by atoms with van der Waals surface area (Å²) in [6.45, 7) is 1.69. The van der Waals surface area contributed by atoms with Gasteiger partial charge in [0.2, 0.25) is 5.60 Å². The molecule has 31 heavy (non-hydrogen) atoms. The van der Waals surface area contributed by atoms with Gasteiger partial charge in [-0.25, -0.2) is 9.97 Å². The van der Waals surface area contributed by atoms with Gasteiger partial charge in [0.15, 0.2) is 5.82 Å². The lowest BCUT2D eigenvalue weighted by atomic mass is 10.0. The van der Waals surface area contributed by atoms with Crippen LogP contribution in [0.2, 0.25) is 0 Å². The molecule has 0 spiro atoms. The Bertz CT molecular complexity index is 1090. The molecular formula is C22H23N5O4. The standard InChI is InChI=1S/C22H23N5O4/c1-27-9-8-22(30,21(27)29)7-5-14-3-2-4-15(11-14)20-25-17(19(23)28)12-18(26-20)24-16-6-10-31-13-16/h2-4,11-12,16,30H,6,8-10,13H2,1H3,(H2,23,28)(H,24,25,26)/t16-,22-/m0/s1. The Morgan fingerprint density at radius 1 is 1.39 bits per heavy atom. The number of anilines is 1. The van der Waals surface area contributed by atoms with E-state index in [0.29, 0.717) is 42.5 Å². The Kier molecular flexibility index (Phi) is 5.59. The predicted octanol–water partition coefficient (Wildman–Crippen LogP) is 0.388. The van der Waals surface area contributed by atoms with Crippen LogP contribution in [0.4, 0.5) is 5.82 Å². The molecule has 2 aliphatic heterocycles. The summed E-state index contributed by atoms with van der Waals surface area (Å²) in [5.41, 5.74) is 5.09. The lowest BCUT2D eigenvalue weighted by molar-refractivity contribution is -0.137. The zero-order valence-electron chi connectivity index (χ0n) is 17.1. The molecule has 3 heterocycles. The summed E-state index contributed by atoms with van der Waals surface area (Å²) in [6, 6.07) is 8.67. The number of likely N-dealkylation sites (tertiary alicyclic amines) is 1. The summed E-state index contributed by atoms with van der Waals surface area (Å²) in [5.74, 6) is 5.31. The van der Waals surface area contributed by atoms with E-state index >= 15 is 0 Å². The number of hydrogen-bond acceptors (Lipinski definition) is 7. The molecule has 0 bridgehead atoms. The van der Waals surface area contributed by atoms with E-state index in [4.69, 9.17) is 10.5 Å². The summed E-state index contributed by atoms with van der Waals surface area (Å²) in [6.07, 6.45) is 1.10. The first-order valence-electron chi connectivity index (χ1n) is 9.99. The summed E-state index contributed by atoms with van der Waals surface area (Å²) < 4.78 is 5.37. The minimum absolute atomic E-state index is 0.0943. The van der Waals surface area contributed by atoms with Crippen LogP contribution in [0.3, 0.4) is 0 Å². The number of nitrogens with two attached hydrogens (primary N) is 1. The smallest absolute Gasteiger partial charge is 0.267 e. The Morgan fingerprint density at radius 2 is 2.23 bits per heavy atom. The Morgan fingerprint density at radius 3 is 2.90 bits per heavy atom. The van der Waals surface area contributed by atoms with Gasteiger partial charge in [-0.15, -0.1) is 0 Å². The number of aliphatic hydroxyl groups is 1. The molecule has 2 aromatic rings. The van der Waals surface area contributed by atoms with E-state index in [1.165, 1.54) is 11.0 Å². The second kappa shape index (κ2) is 8.34. The van der Waals surface area contributed by atoms with Gasteiger partial charge < -0.3 is 25.8 Å². The fourth-order valence-corrected chi connectivity index (χ4v) is 3.52. The number of aromatic nitrogens is 2. The van der Waals surface area contributed by atoms with Crippen molar-refractivity contribution in [3.8, 4) is 23.2 Å². The molecule has 9 heteroatoms. The normalized spacial score (nSPS) is 22.8. The summed E-state index contributed by atoms with van der Waals surface area (Å²) in [5, 5.41) is 13.7. The fourth-order valence-electron chi connectivity index (χ4n) is 3.52. The monoisotopic (exact) mass is 421 g/mol. The first-order valence-corrected chi connectivity index (χ1v) is 9.99. The van der Waals surface area contributed by atoms with Gasteiger partial charge in [-0.05, 0) is 18.6 Å². The number of likely N-dealkylation sites (N-methyl/N-ethyl adjacent to an activating group) is 1. The average molecular weight is 421 g/mol. The van der Waals surface area contributed by atoms with Gasteiger partial charge in [-0.1, -0.05) is 24.0 Å². The van der Waals surface area contributed by atoms with Crippen molar-refractivity contribution in [2.75, 3.05) is 32.1 Å². The molecule has 4 N–H and O–H groups in total. The Hall–Kier alpha value is -3.48. The van der Waals surface area contributed by atoms with Gasteiger partial charge in [-0.3, -0.25) is 9.59 Å². The number of benzene rings is 1. The van der Waals surface area contributed by atoms with E-state index in [0.717, 1.165) is 6.42 Å². The number of carbonyl (C=O) groups is 2. The van der Waals surface area contributed by atoms with Gasteiger partial charge >= 0.3 is 0 Å². The second-order valence-corrected chi connectivity index (χ2v) is 7.70. The van der Waals surface area contributed by atoms with Crippen LogP contribution in [0.5, 0.6) is 0 Å². The topological polar surface area (TPSA) is 131 Å².